The fourth-order valence-electron chi connectivity index (χ4n) is 5.81. The maximum Gasteiger partial charge on any atom is 0.246 e. The van der Waals surface area contributed by atoms with E-state index in [1.807, 2.05) is 18.7 Å². The van der Waals surface area contributed by atoms with Gasteiger partial charge in [0.05, 0.1) is 17.8 Å². The minimum atomic E-state index is -0.548. The number of carbonyl (C=O) groups is 2. The Hall–Kier alpha value is -2.81. The first-order chi connectivity index (χ1) is 18.5. The molecule has 2 aliphatic heterocycles. The van der Waals surface area contributed by atoms with Crippen LogP contribution in [0.4, 0.5) is 0 Å². The first kappa shape index (κ1) is 26.8. The van der Waals surface area contributed by atoms with Crippen LogP contribution in [0.2, 0.25) is 0 Å². The molecule has 0 spiro atoms. The molecule has 2 amide bonds. The molecule has 2 fully saturated rings. The maximum atomic E-state index is 14.1. The van der Waals surface area contributed by atoms with Crippen LogP contribution in [0.3, 0.4) is 0 Å². The summed E-state index contributed by atoms with van der Waals surface area (Å²) < 4.78 is 5.56. The van der Waals surface area contributed by atoms with Crippen molar-refractivity contribution in [3.8, 4) is 11.3 Å². The largest absolute Gasteiger partial charge is 0.381 e. The van der Waals surface area contributed by atoms with Crippen molar-refractivity contribution in [1.29, 1.82) is 0 Å². The van der Waals surface area contributed by atoms with E-state index in [2.05, 4.69) is 59.3 Å². The van der Waals surface area contributed by atoms with Crippen LogP contribution >= 0.6 is 11.3 Å². The highest BCUT2D eigenvalue weighted by molar-refractivity contribution is 7.10. The van der Waals surface area contributed by atoms with E-state index in [1.165, 1.54) is 16.3 Å². The first-order valence-electron chi connectivity index (χ1n) is 13.8. The predicted octanol–water partition coefficient (Wildman–Crippen LogP) is 4.84. The van der Waals surface area contributed by atoms with Gasteiger partial charge in [-0.1, -0.05) is 43.3 Å². The molecule has 2 saturated heterocycles. The van der Waals surface area contributed by atoms with Crippen molar-refractivity contribution in [3.05, 3.63) is 52.3 Å². The van der Waals surface area contributed by atoms with Crippen molar-refractivity contribution in [2.45, 2.75) is 64.6 Å². The second kappa shape index (κ2) is 11.9. The average molecular weight is 535 g/mol. The molecule has 1 aromatic heterocycles. The van der Waals surface area contributed by atoms with Gasteiger partial charge in [0.2, 0.25) is 11.8 Å². The minimum Gasteiger partial charge on any atom is -0.381 e. The van der Waals surface area contributed by atoms with Crippen molar-refractivity contribution >= 4 is 33.9 Å². The number of amides is 2. The molecule has 38 heavy (non-hydrogen) atoms. The number of hydrogen-bond donors (Lipinski definition) is 2. The van der Waals surface area contributed by atoms with Gasteiger partial charge in [-0.25, -0.2) is 4.98 Å². The van der Waals surface area contributed by atoms with Crippen molar-refractivity contribution in [3.63, 3.8) is 0 Å². The van der Waals surface area contributed by atoms with E-state index in [-0.39, 0.29) is 29.8 Å². The Morgan fingerprint density at radius 3 is 2.66 bits per heavy atom. The van der Waals surface area contributed by atoms with E-state index in [0.717, 1.165) is 41.9 Å². The Labute approximate surface area is 229 Å². The van der Waals surface area contributed by atoms with E-state index in [0.29, 0.717) is 26.3 Å². The molecule has 2 aromatic carbocycles. The third kappa shape index (κ3) is 5.48. The number of nitrogens with zero attached hydrogens (tertiary/aromatic N) is 2. The van der Waals surface area contributed by atoms with Gasteiger partial charge in [0.15, 0.2) is 0 Å². The topological polar surface area (TPSA) is 83.6 Å². The molecule has 7 nitrogen and oxygen atoms in total. The molecule has 8 heteroatoms. The summed E-state index contributed by atoms with van der Waals surface area (Å²) in [6, 6.07) is 11.8. The monoisotopic (exact) mass is 534 g/mol. The number of ether oxygens (including phenoxy) is 1. The number of likely N-dealkylation sites (N-methyl/N-ethyl adjacent to an activating group) is 1. The van der Waals surface area contributed by atoms with Gasteiger partial charge in [-0.05, 0) is 68.3 Å². The van der Waals surface area contributed by atoms with Crippen molar-refractivity contribution in [2.24, 2.45) is 5.92 Å². The Morgan fingerprint density at radius 1 is 1.13 bits per heavy atom. The van der Waals surface area contributed by atoms with Crippen molar-refractivity contribution < 1.29 is 14.3 Å². The van der Waals surface area contributed by atoms with Gasteiger partial charge in [0, 0.05) is 30.7 Å². The van der Waals surface area contributed by atoms with Crippen LogP contribution in [0.5, 0.6) is 0 Å². The van der Waals surface area contributed by atoms with Gasteiger partial charge in [0.25, 0.3) is 0 Å². The number of carbonyl (C=O) groups excluding carboxylic acids is 2. The number of aryl methyl sites for hydroxylation is 1. The summed E-state index contributed by atoms with van der Waals surface area (Å²) in [7, 11) is 0. The first-order valence-corrected chi connectivity index (χ1v) is 14.7. The zero-order valence-electron chi connectivity index (χ0n) is 22.5. The van der Waals surface area contributed by atoms with E-state index < -0.39 is 6.04 Å². The quantitative estimate of drug-likeness (QED) is 0.432. The van der Waals surface area contributed by atoms with Crippen LogP contribution in [0.15, 0.2) is 41.8 Å². The normalized spacial score (nSPS) is 20.0. The van der Waals surface area contributed by atoms with Gasteiger partial charge in [-0.3, -0.25) is 9.59 Å². The average Bonchev–Trinajstić information content (AvgIpc) is 3.62. The second-order valence-corrected chi connectivity index (χ2v) is 11.3. The van der Waals surface area contributed by atoms with Crippen molar-refractivity contribution in [2.75, 3.05) is 26.3 Å². The summed E-state index contributed by atoms with van der Waals surface area (Å²) in [6.45, 7) is 8.57. The summed E-state index contributed by atoms with van der Waals surface area (Å²) in [6.07, 6.45) is 3.36. The standard InChI is InChI=1S/C30H38N4O3S/c1-4-31-20(3)28(35)33-27(21-13-16-37-17-14-21)30(36)34-15-7-10-26(34)29-32-25(18-38-29)24-12-11-19(2)22-8-5-6-9-23(22)24/h5-6,8-9,11-12,18,20-21,26-27,31H,4,7,10,13-17H2,1-3H3,(H,33,35)/t20-,26-,27-/m0/s1. The molecule has 2 aliphatic rings. The van der Waals surface area contributed by atoms with Gasteiger partial charge < -0.3 is 20.3 Å². The lowest BCUT2D eigenvalue weighted by Crippen LogP contribution is -2.56. The summed E-state index contributed by atoms with van der Waals surface area (Å²) in [5.41, 5.74) is 3.32. The Kier molecular flexibility index (Phi) is 8.41. The van der Waals surface area contributed by atoms with E-state index in [1.54, 1.807) is 11.3 Å². The van der Waals surface area contributed by atoms with Crippen LogP contribution in [-0.4, -0.2) is 60.1 Å². The summed E-state index contributed by atoms with van der Waals surface area (Å²) in [4.78, 5) is 34.1. The number of likely N-dealkylation sites (tertiary alicyclic amines) is 1. The number of hydrogen-bond acceptors (Lipinski definition) is 6. The number of fused-ring (bicyclic) bond motifs is 1. The molecule has 202 valence electrons. The lowest BCUT2D eigenvalue weighted by atomic mass is 9.90. The van der Waals surface area contributed by atoms with E-state index in [4.69, 9.17) is 9.72 Å². The molecule has 0 saturated carbocycles. The Balaban J connectivity index is 1.40. The van der Waals surface area contributed by atoms with Gasteiger partial charge in [-0.15, -0.1) is 11.3 Å². The molecule has 0 unspecified atom stereocenters. The molecule has 3 heterocycles. The predicted molar refractivity (Wildman–Crippen MR) is 152 cm³/mol. The molecule has 0 aliphatic carbocycles. The van der Waals surface area contributed by atoms with E-state index >= 15 is 0 Å². The fraction of sp³-hybridized carbons (Fsp3) is 0.500. The van der Waals surface area contributed by atoms with Gasteiger partial charge >= 0.3 is 0 Å². The van der Waals surface area contributed by atoms with Gasteiger partial charge in [0.1, 0.15) is 11.0 Å². The number of benzene rings is 2. The lowest BCUT2D eigenvalue weighted by molar-refractivity contribution is -0.140. The zero-order valence-corrected chi connectivity index (χ0v) is 23.4. The molecular weight excluding hydrogens is 496 g/mol. The van der Waals surface area contributed by atoms with Gasteiger partial charge in [-0.2, -0.15) is 0 Å². The Morgan fingerprint density at radius 2 is 1.89 bits per heavy atom. The maximum absolute atomic E-state index is 14.1. The van der Waals surface area contributed by atoms with Crippen molar-refractivity contribution in [1.82, 2.24) is 20.5 Å². The molecular formula is C30H38N4O3S. The number of rotatable bonds is 8. The molecule has 5 rings (SSSR count). The second-order valence-electron chi connectivity index (χ2n) is 10.5. The highest BCUT2D eigenvalue weighted by Crippen LogP contribution is 2.38. The molecule has 0 radical (unpaired) electrons. The summed E-state index contributed by atoms with van der Waals surface area (Å²) in [5.74, 6) is -0.0507. The molecule has 0 bridgehead atoms. The highest BCUT2D eigenvalue weighted by Gasteiger charge is 2.40. The molecule has 3 atom stereocenters. The number of thiazole rings is 1. The van der Waals surface area contributed by atoms with Crippen LogP contribution in [-0.2, 0) is 14.3 Å². The SMILES string of the molecule is CCN[C@@H](C)C(=O)N[C@H](C(=O)N1CCC[C@H]1c1nc(-c2ccc(C)c3ccccc23)cs1)C1CCOCC1. The van der Waals surface area contributed by atoms with Crippen LogP contribution in [0.1, 0.15) is 56.1 Å². The van der Waals surface area contributed by atoms with Crippen LogP contribution in [0, 0.1) is 12.8 Å². The third-order valence-electron chi connectivity index (χ3n) is 7.97. The van der Waals surface area contributed by atoms with Crippen LogP contribution in [0.25, 0.3) is 22.0 Å². The highest BCUT2D eigenvalue weighted by atomic mass is 32.1. The number of nitrogens with one attached hydrogen (secondary N) is 2. The third-order valence-corrected chi connectivity index (χ3v) is 8.91. The smallest absolute Gasteiger partial charge is 0.246 e. The minimum absolute atomic E-state index is 0.00832. The molecule has 3 aromatic rings. The van der Waals surface area contributed by atoms with Crippen LogP contribution < -0.4 is 10.6 Å². The summed E-state index contributed by atoms with van der Waals surface area (Å²) >= 11 is 1.63. The van der Waals surface area contributed by atoms with E-state index in [9.17, 15) is 9.59 Å². The number of aromatic nitrogens is 1. The lowest BCUT2D eigenvalue weighted by Gasteiger charge is -2.35. The Bertz CT molecular complexity index is 1290. The summed E-state index contributed by atoms with van der Waals surface area (Å²) in [5, 5.41) is 11.8. The zero-order chi connectivity index (χ0) is 26.6. The fourth-order valence-corrected chi connectivity index (χ4v) is 6.78. The molecule has 2 N–H and O–H groups in total.